The zero-order valence-corrected chi connectivity index (χ0v) is 19.7. The Bertz CT molecular complexity index is 1250. The number of esters is 2. The largest absolute Gasteiger partial charge is 0.466 e. The number of hydrogen-bond donors (Lipinski definition) is 4. The van der Waals surface area contributed by atoms with Crippen molar-refractivity contribution in [3.05, 3.63) is 57.5 Å². The molecule has 0 aliphatic heterocycles. The number of carbonyl (C=O) groups is 3. The normalized spacial score (nSPS) is 11.7. The van der Waals surface area contributed by atoms with Crippen LogP contribution in [0.3, 0.4) is 0 Å². The minimum absolute atomic E-state index is 0.0185. The molecule has 2 heterocycles. The minimum Gasteiger partial charge on any atom is -0.466 e. The van der Waals surface area contributed by atoms with E-state index in [0.29, 0.717) is 29.4 Å². The number of aromatic amines is 2. The van der Waals surface area contributed by atoms with Crippen LogP contribution in [0.5, 0.6) is 0 Å². The lowest BCUT2D eigenvalue weighted by molar-refractivity contribution is -0.146. The van der Waals surface area contributed by atoms with E-state index in [9.17, 15) is 19.2 Å². The summed E-state index contributed by atoms with van der Waals surface area (Å²) in [5.74, 6) is -1.45. The Kier molecular flexibility index (Phi) is 8.60. The SMILES string of the molecule is CCOC(=O)CCC(NC(=O)c1ccc(CCc2c[nH]c3nc(N)[nH]c(=O)c23)cc1)C(=O)OCC. The molecule has 0 radical (unpaired) electrons. The third-order valence-electron chi connectivity index (χ3n) is 5.36. The van der Waals surface area contributed by atoms with Gasteiger partial charge in [0.05, 0.1) is 18.6 Å². The number of carbonyl (C=O) groups excluding carboxylic acids is 3. The summed E-state index contributed by atoms with van der Waals surface area (Å²) in [7, 11) is 0. The van der Waals surface area contributed by atoms with Gasteiger partial charge < -0.3 is 25.5 Å². The predicted molar refractivity (Wildman–Crippen MR) is 129 cm³/mol. The monoisotopic (exact) mass is 483 g/mol. The van der Waals surface area contributed by atoms with Gasteiger partial charge in [0.15, 0.2) is 0 Å². The molecule has 3 aromatic rings. The van der Waals surface area contributed by atoms with Crippen LogP contribution in [0, 0.1) is 0 Å². The zero-order chi connectivity index (χ0) is 25.4. The lowest BCUT2D eigenvalue weighted by Crippen LogP contribution is -2.42. The first kappa shape index (κ1) is 25.5. The summed E-state index contributed by atoms with van der Waals surface area (Å²) in [5, 5.41) is 3.11. The Labute approximate surface area is 201 Å². The van der Waals surface area contributed by atoms with Gasteiger partial charge in [0.1, 0.15) is 11.7 Å². The van der Waals surface area contributed by atoms with Crippen molar-refractivity contribution in [2.75, 3.05) is 18.9 Å². The second-order valence-corrected chi connectivity index (χ2v) is 7.81. The first-order valence-corrected chi connectivity index (χ1v) is 11.4. The fourth-order valence-electron chi connectivity index (χ4n) is 3.65. The molecule has 2 aromatic heterocycles. The summed E-state index contributed by atoms with van der Waals surface area (Å²) in [4.78, 5) is 58.4. The maximum absolute atomic E-state index is 12.7. The zero-order valence-electron chi connectivity index (χ0n) is 19.7. The highest BCUT2D eigenvalue weighted by atomic mass is 16.5. The fourth-order valence-corrected chi connectivity index (χ4v) is 3.65. The van der Waals surface area contributed by atoms with Crippen molar-refractivity contribution >= 4 is 34.8 Å². The molecule has 0 saturated heterocycles. The van der Waals surface area contributed by atoms with E-state index in [4.69, 9.17) is 15.2 Å². The van der Waals surface area contributed by atoms with Gasteiger partial charge in [-0.3, -0.25) is 19.4 Å². The molecule has 11 nitrogen and oxygen atoms in total. The number of amides is 1. The smallest absolute Gasteiger partial charge is 0.328 e. The van der Waals surface area contributed by atoms with Crippen molar-refractivity contribution in [1.29, 1.82) is 0 Å². The Morgan fingerprint density at radius 3 is 2.49 bits per heavy atom. The van der Waals surface area contributed by atoms with E-state index in [-0.39, 0.29) is 37.6 Å². The molecule has 35 heavy (non-hydrogen) atoms. The van der Waals surface area contributed by atoms with Gasteiger partial charge in [-0.2, -0.15) is 4.98 Å². The van der Waals surface area contributed by atoms with Crippen molar-refractivity contribution in [1.82, 2.24) is 20.3 Å². The molecule has 0 aliphatic carbocycles. The van der Waals surface area contributed by atoms with Crippen LogP contribution in [-0.2, 0) is 31.9 Å². The van der Waals surface area contributed by atoms with Crippen molar-refractivity contribution in [2.45, 2.75) is 45.6 Å². The lowest BCUT2D eigenvalue weighted by Gasteiger charge is -2.17. The summed E-state index contributed by atoms with van der Waals surface area (Å²) in [6.07, 6.45) is 3.00. The van der Waals surface area contributed by atoms with Gasteiger partial charge in [-0.1, -0.05) is 12.1 Å². The first-order chi connectivity index (χ1) is 16.8. The number of nitrogen functional groups attached to an aromatic ring is 1. The predicted octanol–water partition coefficient (Wildman–Crippen LogP) is 1.62. The number of nitrogens with one attached hydrogen (secondary N) is 3. The third kappa shape index (κ3) is 6.69. The molecule has 0 fully saturated rings. The number of rotatable bonds is 11. The number of aryl methyl sites for hydroxylation is 2. The summed E-state index contributed by atoms with van der Waals surface area (Å²) in [5.41, 5.74) is 7.85. The highest BCUT2D eigenvalue weighted by Gasteiger charge is 2.24. The van der Waals surface area contributed by atoms with E-state index < -0.39 is 23.9 Å². The number of benzene rings is 1. The van der Waals surface area contributed by atoms with Crippen LogP contribution in [0.25, 0.3) is 11.0 Å². The first-order valence-electron chi connectivity index (χ1n) is 11.4. The molecular formula is C24H29N5O6. The van der Waals surface area contributed by atoms with Gasteiger partial charge in [-0.05, 0) is 56.4 Å². The van der Waals surface area contributed by atoms with E-state index in [1.54, 1.807) is 32.2 Å². The Morgan fingerprint density at radius 1 is 1.09 bits per heavy atom. The molecule has 0 aliphatic rings. The third-order valence-corrected chi connectivity index (χ3v) is 5.36. The Morgan fingerprint density at radius 2 is 1.80 bits per heavy atom. The van der Waals surface area contributed by atoms with Gasteiger partial charge in [0, 0.05) is 18.2 Å². The minimum atomic E-state index is -0.964. The molecule has 5 N–H and O–H groups in total. The van der Waals surface area contributed by atoms with E-state index in [2.05, 4.69) is 20.3 Å². The average Bonchev–Trinajstić information content (AvgIpc) is 3.24. The molecule has 0 spiro atoms. The highest BCUT2D eigenvalue weighted by Crippen LogP contribution is 2.16. The molecule has 1 atom stereocenters. The summed E-state index contributed by atoms with van der Waals surface area (Å²) in [6, 6.07) is 5.96. The number of H-pyrrole nitrogens is 2. The summed E-state index contributed by atoms with van der Waals surface area (Å²) >= 11 is 0. The number of ether oxygens (including phenoxy) is 2. The fraction of sp³-hybridized carbons (Fsp3) is 0.375. The van der Waals surface area contributed by atoms with Crippen LogP contribution in [0.2, 0.25) is 0 Å². The molecule has 0 saturated carbocycles. The van der Waals surface area contributed by atoms with Gasteiger partial charge in [-0.25, -0.2) is 4.79 Å². The Hall–Kier alpha value is -4.15. The topological polar surface area (TPSA) is 169 Å². The van der Waals surface area contributed by atoms with Gasteiger partial charge in [-0.15, -0.1) is 0 Å². The lowest BCUT2D eigenvalue weighted by atomic mass is 10.0. The number of hydrogen-bond acceptors (Lipinski definition) is 8. The van der Waals surface area contributed by atoms with Crippen LogP contribution < -0.4 is 16.6 Å². The van der Waals surface area contributed by atoms with Gasteiger partial charge >= 0.3 is 11.9 Å². The van der Waals surface area contributed by atoms with Crippen molar-refractivity contribution in [3.63, 3.8) is 0 Å². The molecule has 1 unspecified atom stereocenters. The number of anilines is 1. The van der Waals surface area contributed by atoms with Gasteiger partial charge in [0.2, 0.25) is 5.95 Å². The molecule has 1 aromatic carbocycles. The molecule has 1 amide bonds. The average molecular weight is 484 g/mol. The molecule has 186 valence electrons. The number of nitrogens with two attached hydrogens (primary N) is 1. The quantitative estimate of drug-likeness (QED) is 0.298. The number of fused-ring (bicyclic) bond motifs is 1. The van der Waals surface area contributed by atoms with Crippen LogP contribution in [0.1, 0.15) is 48.2 Å². The van der Waals surface area contributed by atoms with Crippen LogP contribution in [0.4, 0.5) is 5.95 Å². The van der Waals surface area contributed by atoms with E-state index in [1.165, 1.54) is 0 Å². The van der Waals surface area contributed by atoms with Crippen molar-refractivity contribution < 1.29 is 23.9 Å². The van der Waals surface area contributed by atoms with Crippen molar-refractivity contribution in [3.8, 4) is 0 Å². The standard InChI is InChI=1S/C24H29N5O6/c1-3-34-18(30)12-11-17(23(33)35-4-2)27-21(31)15-8-5-14(6-9-15)7-10-16-13-26-20-19(16)22(32)29-24(25)28-20/h5-6,8-9,13,17H,3-4,7,10-12H2,1-2H3,(H,27,31)(H4,25,26,28,29,32). The van der Waals surface area contributed by atoms with E-state index >= 15 is 0 Å². The van der Waals surface area contributed by atoms with Crippen LogP contribution in [0.15, 0.2) is 35.3 Å². The molecular weight excluding hydrogens is 454 g/mol. The number of aromatic nitrogens is 3. The maximum Gasteiger partial charge on any atom is 0.328 e. The highest BCUT2D eigenvalue weighted by molar-refractivity contribution is 5.96. The van der Waals surface area contributed by atoms with E-state index in [1.807, 2.05) is 12.1 Å². The maximum atomic E-state index is 12.7. The second kappa shape index (κ2) is 11.8. The Balaban J connectivity index is 1.62. The van der Waals surface area contributed by atoms with Crippen LogP contribution in [-0.4, -0.2) is 52.1 Å². The summed E-state index contributed by atoms with van der Waals surface area (Å²) < 4.78 is 9.91. The van der Waals surface area contributed by atoms with Crippen LogP contribution >= 0.6 is 0 Å². The van der Waals surface area contributed by atoms with Crippen molar-refractivity contribution in [2.24, 2.45) is 0 Å². The molecule has 3 rings (SSSR count). The summed E-state index contributed by atoms with van der Waals surface area (Å²) in [6.45, 7) is 3.76. The molecule has 11 heteroatoms. The number of nitrogens with zero attached hydrogens (tertiary/aromatic N) is 1. The second-order valence-electron chi connectivity index (χ2n) is 7.81. The van der Waals surface area contributed by atoms with E-state index in [0.717, 1.165) is 11.1 Å². The molecule has 0 bridgehead atoms. The van der Waals surface area contributed by atoms with Gasteiger partial charge in [0.25, 0.3) is 11.5 Å².